The molecule has 2 aromatic carbocycles. The summed E-state index contributed by atoms with van der Waals surface area (Å²) in [5, 5.41) is 5.84. The van der Waals surface area contributed by atoms with Crippen molar-refractivity contribution in [3.05, 3.63) is 66.5 Å². The number of ether oxygens (including phenoxy) is 2. The van der Waals surface area contributed by atoms with E-state index in [-0.39, 0.29) is 11.6 Å². The number of carbonyl (C=O) groups is 1. The molecular weight excluding hydrogens is 332 g/mol. The van der Waals surface area contributed by atoms with E-state index in [1.54, 1.807) is 44.6 Å². The van der Waals surface area contributed by atoms with Gasteiger partial charge in [0.25, 0.3) is 5.91 Å². The lowest BCUT2D eigenvalue weighted by Gasteiger charge is -2.10. The van der Waals surface area contributed by atoms with Gasteiger partial charge in [0.1, 0.15) is 17.2 Å². The Morgan fingerprint density at radius 2 is 1.73 bits per heavy atom. The molecule has 0 saturated heterocycles. The topological polar surface area (TPSA) is 85.4 Å². The second kappa shape index (κ2) is 7.98. The lowest BCUT2D eigenvalue weighted by Crippen LogP contribution is -2.14. The van der Waals surface area contributed by atoms with E-state index in [1.165, 1.54) is 6.20 Å². The summed E-state index contributed by atoms with van der Waals surface area (Å²) in [5.41, 5.74) is 1.60. The number of nitrogens with zero attached hydrogens (tertiary/aromatic N) is 2. The van der Waals surface area contributed by atoms with Crippen molar-refractivity contribution in [2.24, 2.45) is 0 Å². The van der Waals surface area contributed by atoms with Gasteiger partial charge in [0.2, 0.25) is 5.95 Å². The summed E-state index contributed by atoms with van der Waals surface area (Å²) in [6, 6.07) is 16.0. The van der Waals surface area contributed by atoms with E-state index >= 15 is 0 Å². The maximum Gasteiger partial charge on any atom is 0.274 e. The van der Waals surface area contributed by atoms with Gasteiger partial charge in [-0.25, -0.2) is 9.97 Å². The molecule has 3 aromatic rings. The number of methoxy groups -OCH3 is 2. The number of amides is 1. The Balaban J connectivity index is 1.74. The van der Waals surface area contributed by atoms with Crippen LogP contribution in [0.1, 0.15) is 10.5 Å². The van der Waals surface area contributed by atoms with Crippen LogP contribution < -0.4 is 20.1 Å². The number of hydrogen-bond acceptors (Lipinski definition) is 6. The smallest absolute Gasteiger partial charge is 0.274 e. The first-order valence-electron chi connectivity index (χ1n) is 7.88. The third kappa shape index (κ3) is 4.07. The molecule has 1 amide bonds. The summed E-state index contributed by atoms with van der Waals surface area (Å²) < 4.78 is 10.4. The second-order valence-corrected chi connectivity index (χ2v) is 5.27. The first-order valence-corrected chi connectivity index (χ1v) is 7.88. The van der Waals surface area contributed by atoms with Crippen LogP contribution in [0.4, 0.5) is 17.3 Å². The number of carbonyl (C=O) groups excluding carboxylic acids is 1. The molecule has 1 aromatic heterocycles. The number of rotatable bonds is 6. The van der Waals surface area contributed by atoms with E-state index in [2.05, 4.69) is 20.6 Å². The fraction of sp³-hybridized carbons (Fsp3) is 0.105. The fourth-order valence-corrected chi connectivity index (χ4v) is 2.28. The lowest BCUT2D eigenvalue weighted by molar-refractivity contribution is 0.102. The fourth-order valence-electron chi connectivity index (χ4n) is 2.28. The van der Waals surface area contributed by atoms with Gasteiger partial charge in [-0.05, 0) is 42.5 Å². The van der Waals surface area contributed by atoms with Crippen LogP contribution in [0.2, 0.25) is 0 Å². The number of nitrogens with one attached hydrogen (secondary N) is 2. The third-order valence-corrected chi connectivity index (χ3v) is 3.59. The van der Waals surface area contributed by atoms with E-state index in [4.69, 9.17) is 9.47 Å². The van der Waals surface area contributed by atoms with Crippen molar-refractivity contribution in [3.63, 3.8) is 0 Å². The molecule has 1 heterocycles. The highest BCUT2D eigenvalue weighted by atomic mass is 16.5. The molecule has 0 radical (unpaired) electrons. The van der Waals surface area contributed by atoms with Gasteiger partial charge in [-0.15, -0.1) is 0 Å². The van der Waals surface area contributed by atoms with Crippen molar-refractivity contribution in [2.75, 3.05) is 24.9 Å². The highest BCUT2D eigenvalue weighted by Crippen LogP contribution is 2.25. The normalized spacial score (nSPS) is 10.1. The molecule has 0 aliphatic heterocycles. The van der Waals surface area contributed by atoms with Crippen LogP contribution >= 0.6 is 0 Å². The highest BCUT2D eigenvalue weighted by molar-refractivity contribution is 6.03. The van der Waals surface area contributed by atoms with Gasteiger partial charge in [0.05, 0.1) is 19.9 Å². The van der Waals surface area contributed by atoms with Crippen molar-refractivity contribution in [1.82, 2.24) is 9.97 Å². The lowest BCUT2D eigenvalue weighted by atomic mass is 10.3. The van der Waals surface area contributed by atoms with Gasteiger partial charge in [-0.3, -0.25) is 4.79 Å². The Morgan fingerprint density at radius 1 is 0.962 bits per heavy atom. The van der Waals surface area contributed by atoms with Crippen LogP contribution in [0.5, 0.6) is 11.5 Å². The number of benzene rings is 2. The summed E-state index contributed by atoms with van der Waals surface area (Å²) in [4.78, 5) is 20.8. The van der Waals surface area contributed by atoms with Gasteiger partial charge >= 0.3 is 0 Å². The van der Waals surface area contributed by atoms with Crippen molar-refractivity contribution in [1.29, 1.82) is 0 Å². The predicted octanol–water partition coefficient (Wildman–Crippen LogP) is 3.49. The Bertz CT molecular complexity index is 897. The zero-order valence-electron chi connectivity index (χ0n) is 14.4. The Labute approximate surface area is 151 Å². The van der Waals surface area contributed by atoms with Crippen molar-refractivity contribution < 1.29 is 14.3 Å². The van der Waals surface area contributed by atoms with Gasteiger partial charge in [-0.2, -0.15) is 0 Å². The average Bonchev–Trinajstić information content (AvgIpc) is 2.69. The first-order chi connectivity index (χ1) is 12.7. The van der Waals surface area contributed by atoms with E-state index in [0.717, 1.165) is 0 Å². The van der Waals surface area contributed by atoms with E-state index in [0.29, 0.717) is 28.8 Å². The molecule has 2 N–H and O–H groups in total. The van der Waals surface area contributed by atoms with Crippen LogP contribution in [0.3, 0.4) is 0 Å². The van der Waals surface area contributed by atoms with E-state index < -0.39 is 0 Å². The summed E-state index contributed by atoms with van der Waals surface area (Å²) in [6.45, 7) is 0. The maximum atomic E-state index is 12.4. The van der Waals surface area contributed by atoms with Gasteiger partial charge in [0, 0.05) is 11.9 Å². The van der Waals surface area contributed by atoms with Crippen LogP contribution in [-0.4, -0.2) is 30.1 Å². The van der Waals surface area contributed by atoms with E-state index in [9.17, 15) is 4.79 Å². The molecule has 0 saturated carbocycles. The molecular formula is C19H18N4O3. The molecule has 0 atom stereocenters. The van der Waals surface area contributed by atoms with Gasteiger partial charge in [0.15, 0.2) is 0 Å². The van der Waals surface area contributed by atoms with Gasteiger partial charge in [-0.1, -0.05) is 12.1 Å². The number of hydrogen-bond donors (Lipinski definition) is 2. The minimum absolute atomic E-state index is 0.244. The summed E-state index contributed by atoms with van der Waals surface area (Å²) in [7, 11) is 3.17. The summed E-state index contributed by atoms with van der Waals surface area (Å²) >= 11 is 0. The minimum atomic E-state index is -0.333. The number of aromatic nitrogens is 2. The van der Waals surface area contributed by atoms with E-state index in [1.807, 2.05) is 24.3 Å². The zero-order valence-corrected chi connectivity index (χ0v) is 14.4. The van der Waals surface area contributed by atoms with Crippen molar-refractivity contribution in [3.8, 4) is 11.5 Å². The zero-order chi connectivity index (χ0) is 18.4. The molecule has 0 bridgehead atoms. The summed E-state index contributed by atoms with van der Waals surface area (Å²) in [6.07, 6.45) is 1.52. The standard InChI is InChI=1S/C19H18N4O3/c1-25-14-9-7-13(8-10-14)21-18(24)16-11-12-20-19(23-16)22-15-5-3-4-6-17(15)26-2/h3-12H,1-2H3,(H,21,24)(H,20,22,23). The SMILES string of the molecule is COc1ccc(NC(=O)c2ccnc(Nc3ccccc3OC)n2)cc1. The second-order valence-electron chi connectivity index (χ2n) is 5.27. The molecule has 0 fully saturated rings. The molecule has 3 rings (SSSR count). The molecule has 0 aliphatic rings. The molecule has 132 valence electrons. The van der Waals surface area contributed by atoms with Crippen LogP contribution in [0.15, 0.2) is 60.8 Å². The molecule has 0 unspecified atom stereocenters. The van der Waals surface area contributed by atoms with Gasteiger partial charge < -0.3 is 20.1 Å². The largest absolute Gasteiger partial charge is 0.497 e. The van der Waals surface area contributed by atoms with Crippen LogP contribution in [-0.2, 0) is 0 Å². The molecule has 0 aliphatic carbocycles. The quantitative estimate of drug-likeness (QED) is 0.708. The highest BCUT2D eigenvalue weighted by Gasteiger charge is 2.11. The van der Waals surface area contributed by atoms with Crippen molar-refractivity contribution >= 4 is 23.2 Å². The third-order valence-electron chi connectivity index (χ3n) is 3.59. The Kier molecular flexibility index (Phi) is 5.28. The summed E-state index contributed by atoms with van der Waals surface area (Å²) in [5.74, 6) is 1.34. The Morgan fingerprint density at radius 3 is 2.46 bits per heavy atom. The molecule has 0 spiro atoms. The molecule has 7 nitrogen and oxygen atoms in total. The monoisotopic (exact) mass is 350 g/mol. The first kappa shape index (κ1) is 17.2. The average molecular weight is 350 g/mol. The van der Waals surface area contributed by atoms with Crippen molar-refractivity contribution in [2.45, 2.75) is 0 Å². The molecule has 26 heavy (non-hydrogen) atoms. The van der Waals surface area contributed by atoms with Crippen LogP contribution in [0, 0.1) is 0 Å². The number of para-hydroxylation sites is 2. The maximum absolute atomic E-state index is 12.4. The minimum Gasteiger partial charge on any atom is -0.497 e. The Hall–Kier alpha value is -3.61. The number of anilines is 3. The molecule has 7 heteroatoms. The van der Waals surface area contributed by atoms with Crippen LogP contribution in [0.25, 0.3) is 0 Å². The predicted molar refractivity (Wildman–Crippen MR) is 99.3 cm³/mol.